The molecule has 2 aromatic heterocycles. The molecule has 0 aliphatic carbocycles. The number of aromatic nitrogens is 3. The fourth-order valence-electron chi connectivity index (χ4n) is 4.27. The van der Waals surface area contributed by atoms with E-state index in [1.165, 1.54) is 11.1 Å². The number of aryl methyl sites for hydroxylation is 4. The molecule has 1 aromatic carbocycles. The molecule has 3 aromatic rings. The number of fused-ring (bicyclic) bond motifs is 1. The summed E-state index contributed by atoms with van der Waals surface area (Å²) in [6.45, 7) is 10.4. The third kappa shape index (κ3) is 3.90. The zero-order valence-corrected chi connectivity index (χ0v) is 17.8. The van der Waals surface area contributed by atoms with Crippen LogP contribution in [0.2, 0.25) is 0 Å². The van der Waals surface area contributed by atoms with E-state index < -0.39 is 0 Å². The van der Waals surface area contributed by atoms with Crippen LogP contribution >= 0.6 is 0 Å². The minimum Gasteiger partial charge on any atom is -0.337 e. The third-order valence-corrected chi connectivity index (χ3v) is 5.86. The first kappa shape index (κ1) is 19.6. The molecule has 1 aliphatic heterocycles. The highest BCUT2D eigenvalue weighted by Gasteiger charge is 2.24. The van der Waals surface area contributed by atoms with E-state index in [0.717, 1.165) is 67.1 Å². The number of nitrogens with zero attached hydrogens (tertiary/aromatic N) is 5. The van der Waals surface area contributed by atoms with E-state index >= 15 is 0 Å². The van der Waals surface area contributed by atoms with Crippen LogP contribution in [-0.4, -0.2) is 56.7 Å². The maximum atomic E-state index is 13.4. The van der Waals surface area contributed by atoms with Crippen molar-refractivity contribution in [3.05, 3.63) is 58.4 Å². The van der Waals surface area contributed by atoms with Gasteiger partial charge in [-0.1, -0.05) is 24.3 Å². The lowest BCUT2D eigenvalue weighted by molar-refractivity contribution is 0.0763. The van der Waals surface area contributed by atoms with Gasteiger partial charge in [0.05, 0.1) is 16.6 Å². The molecule has 0 spiro atoms. The fraction of sp³-hybridized carbons (Fsp3) is 0.435. The molecule has 0 saturated carbocycles. The Morgan fingerprint density at radius 3 is 2.66 bits per heavy atom. The Balaban J connectivity index is 1.54. The summed E-state index contributed by atoms with van der Waals surface area (Å²) >= 11 is 0. The van der Waals surface area contributed by atoms with Crippen molar-refractivity contribution >= 4 is 16.9 Å². The lowest BCUT2D eigenvalue weighted by Crippen LogP contribution is -2.35. The normalized spacial score (nSPS) is 15.7. The van der Waals surface area contributed by atoms with Crippen LogP contribution < -0.4 is 0 Å². The largest absolute Gasteiger partial charge is 0.337 e. The molecular formula is C23H29N5O. The van der Waals surface area contributed by atoms with Crippen LogP contribution in [0.5, 0.6) is 0 Å². The first-order chi connectivity index (χ1) is 13.9. The van der Waals surface area contributed by atoms with E-state index in [4.69, 9.17) is 0 Å². The molecule has 6 nitrogen and oxygen atoms in total. The van der Waals surface area contributed by atoms with Crippen molar-refractivity contribution < 1.29 is 4.79 Å². The van der Waals surface area contributed by atoms with Crippen molar-refractivity contribution in [3.8, 4) is 0 Å². The molecule has 6 heteroatoms. The summed E-state index contributed by atoms with van der Waals surface area (Å²) in [5.41, 5.74) is 5.90. The smallest absolute Gasteiger partial charge is 0.254 e. The number of carbonyl (C=O) groups is 1. The SMILES string of the molecule is Cc1cc(C(=O)N2CCCN(Cc3ccccc3C)CC2)c2c(C)nn(C)c2n1. The Morgan fingerprint density at radius 2 is 1.86 bits per heavy atom. The lowest BCUT2D eigenvalue weighted by Gasteiger charge is -2.23. The van der Waals surface area contributed by atoms with Gasteiger partial charge < -0.3 is 4.90 Å². The number of benzene rings is 1. The van der Waals surface area contributed by atoms with Crippen molar-refractivity contribution in [2.45, 2.75) is 33.7 Å². The van der Waals surface area contributed by atoms with Crippen molar-refractivity contribution in [2.75, 3.05) is 26.2 Å². The van der Waals surface area contributed by atoms with Crippen molar-refractivity contribution in [3.63, 3.8) is 0 Å². The highest BCUT2D eigenvalue weighted by Crippen LogP contribution is 2.23. The number of amides is 1. The molecule has 0 unspecified atom stereocenters. The molecule has 1 aliphatic rings. The number of pyridine rings is 1. The van der Waals surface area contributed by atoms with E-state index in [1.807, 2.05) is 31.9 Å². The Hall–Kier alpha value is -2.73. The maximum absolute atomic E-state index is 13.4. The van der Waals surface area contributed by atoms with Crippen LogP contribution in [0.4, 0.5) is 0 Å². The minimum absolute atomic E-state index is 0.0920. The van der Waals surface area contributed by atoms with E-state index in [2.05, 4.69) is 46.2 Å². The molecule has 0 atom stereocenters. The summed E-state index contributed by atoms with van der Waals surface area (Å²) < 4.78 is 1.76. The average Bonchev–Trinajstić information content (AvgIpc) is 2.85. The van der Waals surface area contributed by atoms with Crippen LogP contribution in [0.1, 0.15) is 39.3 Å². The van der Waals surface area contributed by atoms with Crippen molar-refractivity contribution in [1.82, 2.24) is 24.6 Å². The van der Waals surface area contributed by atoms with Gasteiger partial charge in [0, 0.05) is 45.5 Å². The summed E-state index contributed by atoms with van der Waals surface area (Å²) in [5.74, 6) is 0.0920. The molecule has 3 heterocycles. The van der Waals surface area contributed by atoms with Gasteiger partial charge in [0.25, 0.3) is 5.91 Å². The van der Waals surface area contributed by atoms with Crippen LogP contribution in [0.25, 0.3) is 11.0 Å². The van der Waals surface area contributed by atoms with Crippen LogP contribution in [0, 0.1) is 20.8 Å². The van der Waals surface area contributed by atoms with Crippen LogP contribution in [0.3, 0.4) is 0 Å². The number of hydrogen-bond acceptors (Lipinski definition) is 4. The minimum atomic E-state index is 0.0920. The Bertz CT molecular complexity index is 1050. The fourth-order valence-corrected chi connectivity index (χ4v) is 4.27. The summed E-state index contributed by atoms with van der Waals surface area (Å²) in [4.78, 5) is 22.5. The van der Waals surface area contributed by atoms with Crippen molar-refractivity contribution in [2.24, 2.45) is 7.05 Å². The molecule has 0 radical (unpaired) electrons. The zero-order valence-electron chi connectivity index (χ0n) is 17.8. The van der Waals surface area contributed by atoms with Gasteiger partial charge in [-0.2, -0.15) is 5.10 Å². The van der Waals surface area contributed by atoms with Crippen LogP contribution in [-0.2, 0) is 13.6 Å². The molecule has 1 fully saturated rings. The summed E-state index contributed by atoms with van der Waals surface area (Å²) in [6.07, 6.45) is 0.983. The number of carbonyl (C=O) groups excluding carboxylic acids is 1. The maximum Gasteiger partial charge on any atom is 0.254 e. The second-order valence-electron chi connectivity index (χ2n) is 8.07. The molecule has 152 valence electrons. The van der Waals surface area contributed by atoms with Gasteiger partial charge in [0.15, 0.2) is 5.65 Å². The molecular weight excluding hydrogens is 362 g/mol. The number of hydrogen-bond donors (Lipinski definition) is 0. The molecule has 1 saturated heterocycles. The van der Waals surface area contributed by atoms with Gasteiger partial charge >= 0.3 is 0 Å². The van der Waals surface area contributed by atoms with E-state index in [1.54, 1.807) is 4.68 Å². The van der Waals surface area contributed by atoms with Crippen molar-refractivity contribution in [1.29, 1.82) is 0 Å². The first-order valence-electron chi connectivity index (χ1n) is 10.3. The summed E-state index contributed by atoms with van der Waals surface area (Å²) in [7, 11) is 1.88. The highest BCUT2D eigenvalue weighted by atomic mass is 16.2. The van der Waals surface area contributed by atoms with Gasteiger partial charge in [-0.25, -0.2) is 4.98 Å². The highest BCUT2D eigenvalue weighted by molar-refractivity contribution is 6.06. The molecule has 0 N–H and O–H groups in total. The van der Waals surface area contributed by atoms with Gasteiger partial charge in [0.1, 0.15) is 0 Å². The molecule has 0 bridgehead atoms. The Morgan fingerprint density at radius 1 is 1.07 bits per heavy atom. The molecule has 1 amide bonds. The lowest BCUT2D eigenvalue weighted by atomic mass is 10.1. The molecule has 29 heavy (non-hydrogen) atoms. The van der Waals surface area contributed by atoms with Crippen LogP contribution in [0.15, 0.2) is 30.3 Å². The van der Waals surface area contributed by atoms with Gasteiger partial charge in [0.2, 0.25) is 0 Å². The van der Waals surface area contributed by atoms with E-state index in [9.17, 15) is 4.79 Å². The van der Waals surface area contributed by atoms with E-state index in [-0.39, 0.29) is 5.91 Å². The quantitative estimate of drug-likeness (QED) is 0.688. The van der Waals surface area contributed by atoms with E-state index in [0.29, 0.717) is 0 Å². The number of rotatable bonds is 3. The first-order valence-corrected chi connectivity index (χ1v) is 10.3. The Kier molecular flexibility index (Phi) is 5.37. The molecule has 4 rings (SSSR count). The summed E-state index contributed by atoms with van der Waals surface area (Å²) in [6, 6.07) is 10.5. The topological polar surface area (TPSA) is 54.3 Å². The average molecular weight is 392 g/mol. The Labute approximate surface area is 172 Å². The second kappa shape index (κ2) is 7.95. The monoisotopic (exact) mass is 391 g/mol. The predicted molar refractivity (Wildman–Crippen MR) is 115 cm³/mol. The predicted octanol–water partition coefficient (Wildman–Crippen LogP) is 3.24. The van der Waals surface area contributed by atoms with Gasteiger partial charge in [-0.05, 0) is 44.4 Å². The summed E-state index contributed by atoms with van der Waals surface area (Å²) in [5, 5.41) is 5.36. The third-order valence-electron chi connectivity index (χ3n) is 5.86. The zero-order chi connectivity index (χ0) is 20.5. The van der Waals surface area contributed by atoms with Gasteiger partial charge in [-0.15, -0.1) is 0 Å². The van der Waals surface area contributed by atoms with Gasteiger partial charge in [-0.3, -0.25) is 14.4 Å². The second-order valence-corrected chi connectivity index (χ2v) is 8.07. The standard InChI is InChI=1S/C23H29N5O/c1-16-8-5-6-9-19(16)15-27-10-7-11-28(13-12-27)23(29)20-14-17(2)24-22-21(20)18(3)25-26(22)4/h5-6,8-9,14H,7,10-13,15H2,1-4H3.